The number of pyridine rings is 1. The number of furan rings is 1. The predicted molar refractivity (Wildman–Crippen MR) is 76.9 cm³/mol. The van der Waals surface area contributed by atoms with E-state index in [9.17, 15) is 0 Å². The van der Waals surface area contributed by atoms with Gasteiger partial charge in [-0.05, 0) is 48.9 Å². The maximum absolute atomic E-state index is 5.73. The first-order chi connectivity index (χ1) is 9.26. The highest BCUT2D eigenvalue weighted by Crippen LogP contribution is 2.26. The lowest BCUT2D eigenvalue weighted by atomic mass is 10.0. The predicted octanol–water partition coefficient (Wildman–Crippen LogP) is 3.30. The molecule has 0 spiro atoms. The zero-order valence-electron chi connectivity index (χ0n) is 10.9. The van der Waals surface area contributed by atoms with Gasteiger partial charge in [0.25, 0.3) is 0 Å². The Kier molecular flexibility index (Phi) is 3.05. The van der Waals surface area contributed by atoms with Crippen LogP contribution in [0, 0.1) is 6.92 Å². The van der Waals surface area contributed by atoms with Gasteiger partial charge in [-0.25, -0.2) is 0 Å². The van der Waals surface area contributed by atoms with Crippen molar-refractivity contribution in [2.75, 3.05) is 6.54 Å². The number of benzene rings is 1. The Bertz CT molecular complexity index is 716. The van der Waals surface area contributed by atoms with Crippen molar-refractivity contribution in [3.8, 4) is 11.1 Å². The summed E-state index contributed by atoms with van der Waals surface area (Å²) >= 11 is 0. The van der Waals surface area contributed by atoms with Crippen LogP contribution in [-0.4, -0.2) is 11.5 Å². The summed E-state index contributed by atoms with van der Waals surface area (Å²) in [4.78, 5) is 4.24. The van der Waals surface area contributed by atoms with Gasteiger partial charge in [0.2, 0.25) is 0 Å². The van der Waals surface area contributed by atoms with Gasteiger partial charge >= 0.3 is 0 Å². The standard InChI is InChI=1S/C16H16N2O/c1-11-6-14(10-18-9-11)12-2-3-16-13(7-12)8-15(19-16)4-5-17/h2-3,6-10H,4-5,17H2,1H3. The average Bonchev–Trinajstić information content (AvgIpc) is 2.80. The van der Waals surface area contributed by atoms with Gasteiger partial charge in [-0.2, -0.15) is 0 Å². The molecule has 0 radical (unpaired) electrons. The molecule has 3 aromatic rings. The number of rotatable bonds is 3. The summed E-state index contributed by atoms with van der Waals surface area (Å²) in [7, 11) is 0. The third kappa shape index (κ3) is 2.37. The van der Waals surface area contributed by atoms with E-state index in [-0.39, 0.29) is 0 Å². The van der Waals surface area contributed by atoms with Gasteiger partial charge in [0.15, 0.2) is 0 Å². The molecule has 19 heavy (non-hydrogen) atoms. The topological polar surface area (TPSA) is 52.0 Å². The number of fused-ring (bicyclic) bond motifs is 1. The van der Waals surface area contributed by atoms with Crippen molar-refractivity contribution >= 4 is 11.0 Å². The maximum atomic E-state index is 5.73. The van der Waals surface area contributed by atoms with E-state index in [4.69, 9.17) is 10.2 Å². The molecule has 0 bridgehead atoms. The van der Waals surface area contributed by atoms with Gasteiger partial charge < -0.3 is 10.2 Å². The van der Waals surface area contributed by atoms with Crippen molar-refractivity contribution in [1.29, 1.82) is 0 Å². The minimum absolute atomic E-state index is 0.606. The van der Waals surface area contributed by atoms with Crippen LogP contribution in [-0.2, 0) is 6.42 Å². The molecule has 2 heterocycles. The second-order valence-corrected chi connectivity index (χ2v) is 4.75. The van der Waals surface area contributed by atoms with Crippen LogP contribution in [0.15, 0.2) is 47.1 Å². The zero-order valence-corrected chi connectivity index (χ0v) is 10.9. The third-order valence-electron chi connectivity index (χ3n) is 3.17. The number of hydrogen-bond acceptors (Lipinski definition) is 3. The van der Waals surface area contributed by atoms with Crippen LogP contribution in [0.4, 0.5) is 0 Å². The van der Waals surface area contributed by atoms with Gasteiger partial charge in [-0.3, -0.25) is 4.98 Å². The van der Waals surface area contributed by atoms with E-state index >= 15 is 0 Å². The summed E-state index contributed by atoms with van der Waals surface area (Å²) in [5.41, 5.74) is 9.91. The summed E-state index contributed by atoms with van der Waals surface area (Å²) in [5.74, 6) is 0.942. The molecule has 0 fully saturated rings. The maximum Gasteiger partial charge on any atom is 0.134 e. The van der Waals surface area contributed by atoms with E-state index in [2.05, 4.69) is 29.2 Å². The molecule has 3 heteroatoms. The Balaban J connectivity index is 2.05. The number of nitrogens with two attached hydrogens (primary N) is 1. The first-order valence-corrected chi connectivity index (χ1v) is 6.41. The number of aryl methyl sites for hydroxylation is 1. The molecule has 0 amide bonds. The molecule has 2 N–H and O–H groups in total. The Morgan fingerprint density at radius 1 is 1.11 bits per heavy atom. The minimum atomic E-state index is 0.606. The summed E-state index contributed by atoms with van der Waals surface area (Å²) in [5, 5.41) is 1.11. The molecular weight excluding hydrogens is 236 g/mol. The van der Waals surface area contributed by atoms with Crippen LogP contribution in [0.3, 0.4) is 0 Å². The molecule has 0 saturated heterocycles. The van der Waals surface area contributed by atoms with Crippen molar-refractivity contribution in [3.63, 3.8) is 0 Å². The average molecular weight is 252 g/mol. The van der Waals surface area contributed by atoms with Gasteiger partial charge in [-0.1, -0.05) is 6.07 Å². The molecule has 0 unspecified atom stereocenters. The van der Waals surface area contributed by atoms with Crippen LogP contribution in [0.1, 0.15) is 11.3 Å². The minimum Gasteiger partial charge on any atom is -0.461 e. The van der Waals surface area contributed by atoms with Gasteiger partial charge in [0.05, 0.1) is 0 Å². The van der Waals surface area contributed by atoms with Crippen molar-refractivity contribution in [2.24, 2.45) is 5.73 Å². The molecule has 0 aliphatic rings. The van der Waals surface area contributed by atoms with Gasteiger partial charge in [0, 0.05) is 29.8 Å². The van der Waals surface area contributed by atoms with E-state index in [0.717, 1.165) is 39.8 Å². The Morgan fingerprint density at radius 3 is 2.79 bits per heavy atom. The van der Waals surface area contributed by atoms with E-state index in [1.807, 2.05) is 25.4 Å². The lowest BCUT2D eigenvalue weighted by molar-refractivity contribution is 0.550. The highest BCUT2D eigenvalue weighted by atomic mass is 16.3. The van der Waals surface area contributed by atoms with Gasteiger partial charge in [0.1, 0.15) is 11.3 Å². The van der Waals surface area contributed by atoms with Crippen LogP contribution in [0.25, 0.3) is 22.1 Å². The Morgan fingerprint density at radius 2 is 2.00 bits per heavy atom. The van der Waals surface area contributed by atoms with Crippen LogP contribution >= 0.6 is 0 Å². The van der Waals surface area contributed by atoms with Crippen LogP contribution in [0.2, 0.25) is 0 Å². The molecule has 0 aliphatic carbocycles. The van der Waals surface area contributed by atoms with E-state index in [1.165, 1.54) is 0 Å². The summed E-state index contributed by atoms with van der Waals surface area (Å²) in [6.07, 6.45) is 4.52. The third-order valence-corrected chi connectivity index (χ3v) is 3.17. The second-order valence-electron chi connectivity index (χ2n) is 4.75. The van der Waals surface area contributed by atoms with Crippen molar-refractivity contribution in [3.05, 3.63) is 54.0 Å². The van der Waals surface area contributed by atoms with Crippen LogP contribution < -0.4 is 5.73 Å². The highest BCUT2D eigenvalue weighted by molar-refractivity contribution is 5.84. The number of hydrogen-bond donors (Lipinski definition) is 1. The highest BCUT2D eigenvalue weighted by Gasteiger charge is 2.05. The first kappa shape index (κ1) is 11.9. The number of nitrogens with zero attached hydrogens (tertiary/aromatic N) is 1. The van der Waals surface area contributed by atoms with E-state index in [1.54, 1.807) is 0 Å². The molecule has 0 atom stereocenters. The summed E-state index contributed by atoms with van der Waals surface area (Å²) in [6, 6.07) is 10.4. The molecule has 3 nitrogen and oxygen atoms in total. The van der Waals surface area contributed by atoms with E-state index in [0.29, 0.717) is 6.54 Å². The van der Waals surface area contributed by atoms with Crippen molar-refractivity contribution in [1.82, 2.24) is 4.98 Å². The molecule has 2 aromatic heterocycles. The number of aromatic nitrogens is 1. The largest absolute Gasteiger partial charge is 0.461 e. The fourth-order valence-electron chi connectivity index (χ4n) is 2.26. The summed E-state index contributed by atoms with van der Waals surface area (Å²) < 4.78 is 5.73. The smallest absolute Gasteiger partial charge is 0.134 e. The first-order valence-electron chi connectivity index (χ1n) is 6.41. The molecule has 0 aliphatic heterocycles. The molecule has 1 aromatic carbocycles. The molecule has 0 saturated carbocycles. The van der Waals surface area contributed by atoms with Crippen molar-refractivity contribution in [2.45, 2.75) is 13.3 Å². The fraction of sp³-hybridized carbons (Fsp3) is 0.188. The zero-order chi connectivity index (χ0) is 13.2. The fourth-order valence-corrected chi connectivity index (χ4v) is 2.26. The lowest BCUT2D eigenvalue weighted by Crippen LogP contribution is -2.01. The SMILES string of the molecule is Cc1cncc(-c2ccc3oc(CCN)cc3c2)c1. The Hall–Kier alpha value is -2.13. The van der Waals surface area contributed by atoms with Gasteiger partial charge in [-0.15, -0.1) is 0 Å². The van der Waals surface area contributed by atoms with E-state index < -0.39 is 0 Å². The quantitative estimate of drug-likeness (QED) is 0.778. The molecule has 96 valence electrons. The molecule has 3 rings (SSSR count). The van der Waals surface area contributed by atoms with Crippen molar-refractivity contribution < 1.29 is 4.42 Å². The van der Waals surface area contributed by atoms with Crippen LogP contribution in [0.5, 0.6) is 0 Å². The Labute approximate surface area is 112 Å². The second kappa shape index (κ2) is 4.86. The monoisotopic (exact) mass is 252 g/mol. The summed E-state index contributed by atoms with van der Waals surface area (Å²) in [6.45, 7) is 2.65. The lowest BCUT2D eigenvalue weighted by Gasteiger charge is -2.02. The normalized spacial score (nSPS) is 11.1. The molecular formula is C16H16N2O.